The molecule has 0 aliphatic carbocycles. The van der Waals surface area contributed by atoms with E-state index in [-0.39, 0.29) is 11.5 Å². The fourth-order valence-electron chi connectivity index (χ4n) is 3.74. The van der Waals surface area contributed by atoms with Crippen LogP contribution >= 0.6 is 11.3 Å². The summed E-state index contributed by atoms with van der Waals surface area (Å²) in [5.41, 5.74) is 3.07. The van der Waals surface area contributed by atoms with Crippen molar-refractivity contribution in [2.24, 2.45) is 0 Å². The molecule has 0 N–H and O–H groups in total. The minimum Gasteiger partial charge on any atom is -0.375 e. The van der Waals surface area contributed by atoms with E-state index in [1.807, 2.05) is 17.5 Å². The van der Waals surface area contributed by atoms with Crippen molar-refractivity contribution in [3.8, 4) is 0 Å². The van der Waals surface area contributed by atoms with E-state index < -0.39 is 0 Å². The van der Waals surface area contributed by atoms with E-state index in [4.69, 9.17) is 4.74 Å². The number of carbonyl (C=O) groups excluding carboxylic acids is 1. The number of hydrogen-bond donors (Lipinski definition) is 0. The van der Waals surface area contributed by atoms with Crippen molar-refractivity contribution in [1.29, 1.82) is 0 Å². The maximum atomic E-state index is 11.6. The van der Waals surface area contributed by atoms with Crippen LogP contribution in [0.5, 0.6) is 0 Å². The first-order chi connectivity index (χ1) is 11.0. The number of nitrogens with zero attached hydrogens (tertiary/aromatic N) is 3. The van der Waals surface area contributed by atoms with Gasteiger partial charge in [-0.05, 0) is 32.6 Å². The summed E-state index contributed by atoms with van der Waals surface area (Å²) in [6.45, 7) is 7.65. The van der Waals surface area contributed by atoms with E-state index in [1.54, 1.807) is 18.3 Å². The molecule has 2 fully saturated rings. The molecule has 1 aromatic rings. The van der Waals surface area contributed by atoms with E-state index in [1.165, 1.54) is 4.88 Å². The molecule has 2 aliphatic heterocycles. The van der Waals surface area contributed by atoms with Gasteiger partial charge < -0.3 is 9.64 Å². The zero-order chi connectivity index (χ0) is 16.4. The highest BCUT2D eigenvalue weighted by Gasteiger charge is 2.41. The number of carbonyl (C=O) groups is 1. The molecule has 1 atom stereocenters. The number of ether oxygens (including phenoxy) is 1. The van der Waals surface area contributed by atoms with Gasteiger partial charge in [0.05, 0.1) is 16.8 Å². The zero-order valence-electron chi connectivity index (χ0n) is 14.4. The molecule has 128 valence electrons. The van der Waals surface area contributed by atoms with E-state index in [9.17, 15) is 4.79 Å². The van der Waals surface area contributed by atoms with E-state index in [0.29, 0.717) is 6.04 Å². The first-order valence-electron chi connectivity index (χ1n) is 8.48. The number of aromatic nitrogens is 1. The third kappa shape index (κ3) is 3.75. The standard InChI is InChI=1S/C17H27N3O2S/c1-13-16(23-12-18-13)11-20-7-5-17(6-8-20)10-15(4-9-22-17)19(3)14(2)21/h12,15H,4-11H2,1-3H3. The van der Waals surface area contributed by atoms with Gasteiger partial charge in [0.2, 0.25) is 5.91 Å². The Bertz CT molecular complexity index is 552. The highest BCUT2D eigenvalue weighted by Crippen LogP contribution is 2.37. The van der Waals surface area contributed by atoms with Crippen molar-refractivity contribution < 1.29 is 9.53 Å². The molecule has 3 heterocycles. The average molecular weight is 337 g/mol. The van der Waals surface area contributed by atoms with E-state index in [0.717, 1.165) is 57.6 Å². The van der Waals surface area contributed by atoms with Crippen LogP contribution in [0.3, 0.4) is 0 Å². The molecule has 2 aliphatic rings. The molecule has 0 bridgehead atoms. The number of hydrogen-bond acceptors (Lipinski definition) is 5. The number of likely N-dealkylation sites (tertiary alicyclic amines) is 1. The summed E-state index contributed by atoms with van der Waals surface area (Å²) in [4.78, 5) is 21.8. The SMILES string of the molecule is CC(=O)N(C)C1CCOC2(CCN(Cc3scnc3C)CC2)C1. The van der Waals surface area contributed by atoms with Crippen LogP contribution in [0.1, 0.15) is 43.2 Å². The van der Waals surface area contributed by atoms with Crippen LogP contribution in [0, 0.1) is 6.92 Å². The number of thiazole rings is 1. The highest BCUT2D eigenvalue weighted by atomic mass is 32.1. The fraction of sp³-hybridized carbons (Fsp3) is 0.765. The minimum absolute atomic E-state index is 0.0220. The second-order valence-corrected chi connectivity index (χ2v) is 7.88. The largest absolute Gasteiger partial charge is 0.375 e. The molecule has 3 rings (SSSR count). The molecule has 23 heavy (non-hydrogen) atoms. The summed E-state index contributed by atoms with van der Waals surface area (Å²) in [6.07, 6.45) is 4.07. The number of piperidine rings is 1. The maximum Gasteiger partial charge on any atom is 0.219 e. The van der Waals surface area contributed by atoms with Crippen LogP contribution in [0.4, 0.5) is 0 Å². The quantitative estimate of drug-likeness (QED) is 0.850. The number of aryl methyl sites for hydroxylation is 1. The first-order valence-corrected chi connectivity index (χ1v) is 9.36. The van der Waals surface area contributed by atoms with Crippen molar-refractivity contribution in [3.63, 3.8) is 0 Å². The third-order valence-electron chi connectivity index (χ3n) is 5.49. The summed E-state index contributed by atoms with van der Waals surface area (Å²) in [5, 5.41) is 0. The minimum atomic E-state index is -0.0220. The predicted molar refractivity (Wildman–Crippen MR) is 91.5 cm³/mol. The molecule has 1 amide bonds. The molecule has 6 heteroatoms. The van der Waals surface area contributed by atoms with Crippen LogP contribution in [-0.4, -0.2) is 59.1 Å². The van der Waals surface area contributed by atoms with Gasteiger partial charge in [-0.2, -0.15) is 0 Å². The monoisotopic (exact) mass is 337 g/mol. The smallest absolute Gasteiger partial charge is 0.219 e. The van der Waals surface area contributed by atoms with Gasteiger partial charge in [0.15, 0.2) is 0 Å². The lowest BCUT2D eigenvalue weighted by molar-refractivity contribution is -0.146. The summed E-state index contributed by atoms with van der Waals surface area (Å²) in [6, 6.07) is 0.330. The Morgan fingerprint density at radius 1 is 1.52 bits per heavy atom. The molecule has 0 aromatic carbocycles. The van der Waals surface area contributed by atoms with Gasteiger partial charge in [0, 0.05) is 51.1 Å². The molecule has 5 nitrogen and oxygen atoms in total. The molecule has 0 radical (unpaired) electrons. The van der Waals surface area contributed by atoms with Gasteiger partial charge in [-0.3, -0.25) is 9.69 Å². The van der Waals surface area contributed by atoms with Gasteiger partial charge in [0.1, 0.15) is 0 Å². The molecule has 0 saturated carbocycles. The lowest BCUT2D eigenvalue weighted by Gasteiger charge is -2.47. The topological polar surface area (TPSA) is 45.7 Å². The van der Waals surface area contributed by atoms with Crippen molar-refractivity contribution >= 4 is 17.2 Å². The Labute approximate surface area is 142 Å². The highest BCUT2D eigenvalue weighted by molar-refractivity contribution is 7.09. The van der Waals surface area contributed by atoms with Gasteiger partial charge in [-0.15, -0.1) is 11.3 Å². The summed E-state index contributed by atoms with van der Waals surface area (Å²) >= 11 is 1.75. The van der Waals surface area contributed by atoms with E-state index in [2.05, 4.69) is 16.8 Å². The molecule has 2 saturated heterocycles. The molecule has 1 unspecified atom stereocenters. The summed E-state index contributed by atoms with van der Waals surface area (Å²) in [5.74, 6) is 0.158. The second-order valence-electron chi connectivity index (χ2n) is 6.95. The van der Waals surface area contributed by atoms with Crippen LogP contribution in [-0.2, 0) is 16.1 Å². The third-order valence-corrected chi connectivity index (χ3v) is 6.41. The normalized spacial score (nSPS) is 24.7. The lowest BCUT2D eigenvalue weighted by atomic mass is 9.82. The van der Waals surface area contributed by atoms with Gasteiger partial charge in [0.25, 0.3) is 0 Å². The van der Waals surface area contributed by atoms with Gasteiger partial charge in [-0.1, -0.05) is 0 Å². The second kappa shape index (κ2) is 6.87. The summed E-state index contributed by atoms with van der Waals surface area (Å²) < 4.78 is 6.20. The van der Waals surface area contributed by atoms with Crippen molar-refractivity contribution in [2.45, 2.75) is 57.7 Å². The predicted octanol–water partition coefficient (Wildman–Crippen LogP) is 2.44. The first kappa shape index (κ1) is 16.9. The van der Waals surface area contributed by atoms with Crippen molar-refractivity contribution in [3.05, 3.63) is 16.1 Å². The Hall–Kier alpha value is -0.980. The van der Waals surface area contributed by atoms with Crippen LogP contribution in [0.2, 0.25) is 0 Å². The van der Waals surface area contributed by atoms with Crippen molar-refractivity contribution in [1.82, 2.24) is 14.8 Å². The maximum absolute atomic E-state index is 11.6. The number of amides is 1. The van der Waals surface area contributed by atoms with Crippen molar-refractivity contribution in [2.75, 3.05) is 26.7 Å². The van der Waals surface area contributed by atoms with Crippen LogP contribution < -0.4 is 0 Å². The van der Waals surface area contributed by atoms with Crippen LogP contribution in [0.15, 0.2) is 5.51 Å². The van der Waals surface area contributed by atoms with Gasteiger partial charge in [-0.25, -0.2) is 4.98 Å². The van der Waals surface area contributed by atoms with E-state index >= 15 is 0 Å². The Morgan fingerprint density at radius 2 is 2.26 bits per heavy atom. The van der Waals surface area contributed by atoms with Gasteiger partial charge >= 0.3 is 0 Å². The average Bonchev–Trinajstić information content (AvgIpc) is 2.94. The molecular weight excluding hydrogens is 310 g/mol. The fourth-order valence-corrected chi connectivity index (χ4v) is 4.56. The summed E-state index contributed by atoms with van der Waals surface area (Å²) in [7, 11) is 1.92. The molecule has 1 spiro atoms. The van der Waals surface area contributed by atoms with Crippen LogP contribution in [0.25, 0.3) is 0 Å². The molecule has 1 aromatic heterocycles. The Morgan fingerprint density at radius 3 is 2.87 bits per heavy atom. The lowest BCUT2D eigenvalue weighted by Crippen LogP contribution is -2.53. The Kier molecular flexibility index (Phi) is 5.04. The Balaban J connectivity index is 1.57. The number of rotatable bonds is 3. The molecular formula is C17H27N3O2S. The zero-order valence-corrected chi connectivity index (χ0v) is 15.2.